The van der Waals surface area contributed by atoms with Crippen molar-refractivity contribution in [2.45, 2.75) is 0 Å². The summed E-state index contributed by atoms with van der Waals surface area (Å²) in [7, 11) is 0. The molecule has 0 saturated heterocycles. The van der Waals surface area contributed by atoms with Gasteiger partial charge in [0.1, 0.15) is 6.33 Å². The van der Waals surface area contributed by atoms with Crippen LogP contribution in [0.3, 0.4) is 0 Å². The van der Waals surface area contributed by atoms with E-state index in [1.807, 2.05) is 18.2 Å². The molecule has 0 fully saturated rings. The van der Waals surface area contributed by atoms with Gasteiger partial charge in [-0.1, -0.05) is 30.3 Å². The number of carbonyl (C=O) groups is 1. The van der Waals surface area contributed by atoms with Crippen molar-refractivity contribution in [3.8, 4) is 0 Å². The van der Waals surface area contributed by atoms with E-state index < -0.39 is 0 Å². The van der Waals surface area contributed by atoms with Crippen LogP contribution in [0.5, 0.6) is 0 Å². The number of hydrogen-bond donors (Lipinski definition) is 0. The van der Waals surface area contributed by atoms with Gasteiger partial charge in [-0.2, -0.15) is 0 Å². The fourth-order valence-corrected chi connectivity index (χ4v) is 1.08. The molecule has 1 heterocycles. The molecule has 74 valence electrons. The van der Waals surface area contributed by atoms with Gasteiger partial charge in [-0.15, -0.1) is 5.10 Å². The third-order valence-corrected chi connectivity index (χ3v) is 1.80. The number of nitrogens with zero attached hydrogens (tertiary/aromatic N) is 4. The van der Waals surface area contributed by atoms with Crippen LogP contribution >= 0.6 is 0 Å². The molecule has 5 heteroatoms. The highest BCUT2D eigenvalue weighted by atomic mass is 16.1. The summed E-state index contributed by atoms with van der Waals surface area (Å²) in [5, 5.41) is 10.5. The molecule has 2 aromatic rings. The van der Waals surface area contributed by atoms with Crippen molar-refractivity contribution in [1.29, 1.82) is 0 Å². The van der Waals surface area contributed by atoms with Gasteiger partial charge in [-0.3, -0.25) is 4.79 Å². The second-order valence-electron chi connectivity index (χ2n) is 2.84. The lowest BCUT2D eigenvalue weighted by Gasteiger charge is -1.93. The maximum absolute atomic E-state index is 11.6. The Balaban J connectivity index is 2.11. The largest absolute Gasteiger partial charge is 0.289 e. The maximum atomic E-state index is 11.6. The fraction of sp³-hybridized carbons (Fsp3) is 0. The molecular formula is C10H8N4O. The summed E-state index contributed by atoms with van der Waals surface area (Å²) in [4.78, 5) is 11.6. The summed E-state index contributed by atoms with van der Waals surface area (Å²) in [5.41, 5.74) is 0.641. The van der Waals surface area contributed by atoms with Crippen LogP contribution in [-0.2, 0) is 0 Å². The van der Waals surface area contributed by atoms with Crippen molar-refractivity contribution in [2.75, 3.05) is 0 Å². The Bertz CT molecular complexity index is 461. The van der Waals surface area contributed by atoms with Gasteiger partial charge >= 0.3 is 0 Å². The van der Waals surface area contributed by atoms with Gasteiger partial charge in [0.2, 0.25) is 0 Å². The minimum atomic E-state index is -0.0777. The number of benzene rings is 1. The van der Waals surface area contributed by atoms with Gasteiger partial charge in [-0.05, 0) is 10.4 Å². The van der Waals surface area contributed by atoms with Gasteiger partial charge in [0.05, 0.1) is 0 Å². The van der Waals surface area contributed by atoms with E-state index in [-0.39, 0.29) is 5.78 Å². The van der Waals surface area contributed by atoms with Crippen molar-refractivity contribution in [1.82, 2.24) is 20.2 Å². The zero-order chi connectivity index (χ0) is 10.5. The molecule has 0 aliphatic rings. The van der Waals surface area contributed by atoms with Crippen LogP contribution in [0, 0.1) is 0 Å². The van der Waals surface area contributed by atoms with E-state index in [1.54, 1.807) is 12.1 Å². The molecule has 5 nitrogen and oxygen atoms in total. The Morgan fingerprint density at radius 1 is 1.27 bits per heavy atom. The zero-order valence-electron chi connectivity index (χ0n) is 7.82. The molecule has 0 amide bonds. The molecule has 0 aliphatic heterocycles. The predicted molar refractivity (Wildman–Crippen MR) is 53.9 cm³/mol. The molecule has 15 heavy (non-hydrogen) atoms. The van der Waals surface area contributed by atoms with E-state index in [2.05, 4.69) is 15.5 Å². The van der Waals surface area contributed by atoms with Crippen LogP contribution in [0.25, 0.3) is 6.20 Å². The minimum Gasteiger partial charge on any atom is -0.289 e. The topological polar surface area (TPSA) is 60.7 Å². The summed E-state index contributed by atoms with van der Waals surface area (Å²) in [6, 6.07) is 9.01. The highest BCUT2D eigenvalue weighted by Gasteiger charge is 1.98. The lowest BCUT2D eigenvalue weighted by molar-refractivity contribution is 0.104. The SMILES string of the molecule is O=C(/C=C/n1cnnn1)c1ccccc1. The van der Waals surface area contributed by atoms with Crippen LogP contribution in [0.4, 0.5) is 0 Å². The quantitative estimate of drug-likeness (QED) is 0.548. The molecule has 0 aliphatic carbocycles. The molecule has 0 radical (unpaired) electrons. The van der Waals surface area contributed by atoms with E-state index in [0.29, 0.717) is 5.56 Å². The number of tetrazole rings is 1. The molecule has 0 spiro atoms. The van der Waals surface area contributed by atoms with E-state index in [0.717, 1.165) is 0 Å². The summed E-state index contributed by atoms with van der Waals surface area (Å²) < 4.78 is 1.36. The number of ketones is 1. The second kappa shape index (κ2) is 4.28. The third-order valence-electron chi connectivity index (χ3n) is 1.80. The van der Waals surface area contributed by atoms with Gasteiger partial charge in [0, 0.05) is 17.8 Å². The number of hydrogen-bond acceptors (Lipinski definition) is 4. The van der Waals surface area contributed by atoms with Gasteiger partial charge < -0.3 is 0 Å². The highest BCUT2D eigenvalue weighted by Crippen LogP contribution is 2.00. The molecule has 0 saturated carbocycles. The van der Waals surface area contributed by atoms with Crippen molar-refractivity contribution in [3.05, 3.63) is 48.3 Å². The summed E-state index contributed by atoms with van der Waals surface area (Å²) >= 11 is 0. The summed E-state index contributed by atoms with van der Waals surface area (Å²) in [5.74, 6) is -0.0777. The van der Waals surface area contributed by atoms with Crippen LogP contribution in [0.2, 0.25) is 0 Å². The average molecular weight is 200 g/mol. The molecule has 1 aromatic heterocycles. The molecule has 1 aromatic carbocycles. The lowest BCUT2D eigenvalue weighted by atomic mass is 10.1. The molecule has 0 bridgehead atoms. The van der Waals surface area contributed by atoms with Crippen molar-refractivity contribution >= 4 is 12.0 Å². The average Bonchev–Trinajstić information content (AvgIpc) is 2.80. The maximum Gasteiger partial charge on any atom is 0.187 e. The van der Waals surface area contributed by atoms with Crippen molar-refractivity contribution < 1.29 is 4.79 Å². The first-order chi connectivity index (χ1) is 7.36. The monoisotopic (exact) mass is 200 g/mol. The normalized spacial score (nSPS) is 10.7. The highest BCUT2D eigenvalue weighted by molar-refractivity contribution is 6.05. The first kappa shape index (κ1) is 9.26. The molecule has 2 rings (SSSR count). The molecule has 0 unspecified atom stereocenters. The fourth-order valence-electron chi connectivity index (χ4n) is 1.08. The standard InChI is InChI=1S/C10H8N4O/c15-10(9-4-2-1-3-5-9)6-7-14-8-11-12-13-14/h1-8H/b7-6+. The Kier molecular flexibility index (Phi) is 2.64. The van der Waals surface area contributed by atoms with Crippen LogP contribution in [-0.4, -0.2) is 26.0 Å². The van der Waals surface area contributed by atoms with Crippen molar-refractivity contribution in [3.63, 3.8) is 0 Å². The molecule has 0 atom stereocenters. The van der Waals surface area contributed by atoms with E-state index in [9.17, 15) is 4.79 Å². The van der Waals surface area contributed by atoms with E-state index in [4.69, 9.17) is 0 Å². The number of rotatable bonds is 3. The van der Waals surface area contributed by atoms with Crippen molar-refractivity contribution in [2.24, 2.45) is 0 Å². The van der Waals surface area contributed by atoms with Crippen LogP contribution in [0.15, 0.2) is 42.7 Å². The second-order valence-corrected chi connectivity index (χ2v) is 2.84. The van der Waals surface area contributed by atoms with Crippen LogP contribution < -0.4 is 0 Å². The zero-order valence-corrected chi connectivity index (χ0v) is 7.82. The Hall–Kier alpha value is -2.30. The predicted octanol–water partition coefficient (Wildman–Crippen LogP) is 1.03. The Morgan fingerprint density at radius 2 is 2.07 bits per heavy atom. The molecule has 0 N–H and O–H groups in total. The van der Waals surface area contributed by atoms with Crippen LogP contribution in [0.1, 0.15) is 10.4 Å². The lowest BCUT2D eigenvalue weighted by Crippen LogP contribution is -1.95. The van der Waals surface area contributed by atoms with Gasteiger partial charge in [0.25, 0.3) is 0 Å². The Labute approximate surface area is 86.0 Å². The van der Waals surface area contributed by atoms with E-state index >= 15 is 0 Å². The number of aromatic nitrogens is 4. The Morgan fingerprint density at radius 3 is 2.73 bits per heavy atom. The minimum absolute atomic E-state index is 0.0777. The molecular weight excluding hydrogens is 192 g/mol. The first-order valence-corrected chi connectivity index (χ1v) is 4.36. The summed E-state index contributed by atoms with van der Waals surface area (Å²) in [6.07, 6.45) is 4.34. The summed E-state index contributed by atoms with van der Waals surface area (Å²) in [6.45, 7) is 0. The number of allylic oxidation sites excluding steroid dienone is 1. The number of carbonyl (C=O) groups excluding carboxylic acids is 1. The van der Waals surface area contributed by atoms with Gasteiger partial charge in [-0.25, -0.2) is 4.68 Å². The third kappa shape index (κ3) is 2.34. The smallest absolute Gasteiger partial charge is 0.187 e. The van der Waals surface area contributed by atoms with Gasteiger partial charge in [0.15, 0.2) is 5.78 Å². The first-order valence-electron chi connectivity index (χ1n) is 4.36. The van der Waals surface area contributed by atoms with E-state index in [1.165, 1.54) is 23.3 Å².